The van der Waals surface area contributed by atoms with Crippen LogP contribution in [0.4, 0.5) is 5.69 Å². The number of hydrogen-bond donors (Lipinski definition) is 1. The maximum Gasteiger partial charge on any atom is 0.244 e. The van der Waals surface area contributed by atoms with Crippen molar-refractivity contribution >= 4 is 17.5 Å². The van der Waals surface area contributed by atoms with Crippen LogP contribution in [0, 0.1) is 0 Å². The summed E-state index contributed by atoms with van der Waals surface area (Å²) >= 11 is 0. The number of hydrogen-bond acceptors (Lipinski definition) is 7. The SMILES string of the molecule is COc1ccc(NC(=O)Cn2cc(OC)c(=O)cc2CN2CCN(C(C)=O)CC2)cc1OC. The standard InChI is InChI=1S/C23H30N4O6/c1-16(28)26-9-7-25(8-10-26)13-18-12-19(29)22(33-4)14-27(18)15-23(30)24-17-5-6-20(31-2)21(11-17)32-3/h5-6,11-12,14H,7-10,13,15H2,1-4H3,(H,24,30). The molecule has 0 radical (unpaired) electrons. The summed E-state index contributed by atoms with van der Waals surface area (Å²) in [5.41, 5.74) is 1.01. The molecule has 0 atom stereocenters. The largest absolute Gasteiger partial charge is 0.493 e. The molecule has 10 heteroatoms. The second-order valence-corrected chi connectivity index (χ2v) is 7.73. The van der Waals surface area contributed by atoms with Crippen LogP contribution in [0.25, 0.3) is 0 Å². The van der Waals surface area contributed by atoms with Gasteiger partial charge in [-0.1, -0.05) is 0 Å². The van der Waals surface area contributed by atoms with Crippen molar-refractivity contribution in [2.75, 3.05) is 52.8 Å². The Balaban J connectivity index is 1.75. The number of anilines is 1. The van der Waals surface area contributed by atoms with Gasteiger partial charge >= 0.3 is 0 Å². The number of nitrogens with zero attached hydrogens (tertiary/aromatic N) is 3. The van der Waals surface area contributed by atoms with Gasteiger partial charge in [-0.2, -0.15) is 0 Å². The number of rotatable bonds is 8. The molecule has 33 heavy (non-hydrogen) atoms. The van der Waals surface area contributed by atoms with Crippen molar-refractivity contribution in [1.29, 1.82) is 0 Å². The zero-order chi connectivity index (χ0) is 24.0. The summed E-state index contributed by atoms with van der Waals surface area (Å²) in [5, 5.41) is 2.85. The normalized spacial score (nSPS) is 14.0. The number of ether oxygens (including phenoxy) is 3. The molecular weight excluding hydrogens is 428 g/mol. The molecule has 1 aromatic carbocycles. The second-order valence-electron chi connectivity index (χ2n) is 7.73. The molecule has 0 spiro atoms. The predicted octanol–water partition coefficient (Wildman–Crippen LogP) is 1.18. The average Bonchev–Trinajstić information content (AvgIpc) is 2.80. The third-order valence-corrected chi connectivity index (χ3v) is 5.59. The van der Waals surface area contributed by atoms with Gasteiger partial charge in [0.15, 0.2) is 17.2 Å². The van der Waals surface area contributed by atoms with Gasteiger partial charge < -0.3 is 29.0 Å². The molecule has 0 bridgehead atoms. The van der Waals surface area contributed by atoms with E-state index in [1.807, 2.05) is 0 Å². The molecule has 3 rings (SSSR count). The van der Waals surface area contributed by atoms with E-state index in [-0.39, 0.29) is 29.5 Å². The van der Waals surface area contributed by atoms with Crippen molar-refractivity contribution < 1.29 is 23.8 Å². The van der Waals surface area contributed by atoms with Gasteiger partial charge in [-0.3, -0.25) is 19.3 Å². The van der Waals surface area contributed by atoms with E-state index >= 15 is 0 Å². The fourth-order valence-electron chi connectivity index (χ4n) is 3.75. The van der Waals surface area contributed by atoms with Crippen LogP contribution in [0.3, 0.4) is 0 Å². The number of carbonyl (C=O) groups is 2. The molecule has 1 aliphatic rings. The maximum atomic E-state index is 12.8. The number of piperazine rings is 1. The second kappa shape index (κ2) is 10.9. The maximum absolute atomic E-state index is 12.8. The van der Waals surface area contributed by atoms with E-state index in [1.54, 1.807) is 47.9 Å². The van der Waals surface area contributed by atoms with Crippen LogP contribution < -0.4 is 25.0 Å². The van der Waals surface area contributed by atoms with Gasteiger partial charge in [-0.15, -0.1) is 0 Å². The van der Waals surface area contributed by atoms with E-state index in [4.69, 9.17) is 14.2 Å². The number of amides is 2. The molecule has 178 valence electrons. The van der Waals surface area contributed by atoms with Gasteiger partial charge in [-0.05, 0) is 12.1 Å². The molecule has 1 saturated heterocycles. The molecule has 2 amide bonds. The summed E-state index contributed by atoms with van der Waals surface area (Å²) in [4.78, 5) is 40.7. The van der Waals surface area contributed by atoms with Gasteiger partial charge in [-0.25, -0.2) is 0 Å². The molecule has 1 aliphatic heterocycles. The topological polar surface area (TPSA) is 102 Å². The fraction of sp³-hybridized carbons (Fsp3) is 0.435. The Morgan fingerprint density at radius 3 is 2.21 bits per heavy atom. The van der Waals surface area contributed by atoms with Crippen LogP contribution >= 0.6 is 0 Å². The Kier molecular flexibility index (Phi) is 7.94. The third-order valence-electron chi connectivity index (χ3n) is 5.59. The summed E-state index contributed by atoms with van der Waals surface area (Å²) in [5.74, 6) is 1.02. The fourth-order valence-corrected chi connectivity index (χ4v) is 3.75. The molecule has 0 unspecified atom stereocenters. The van der Waals surface area contributed by atoms with Gasteiger partial charge in [0.05, 0.1) is 27.5 Å². The quantitative estimate of drug-likeness (QED) is 0.634. The Bertz CT molecular complexity index is 1060. The molecule has 1 aromatic heterocycles. The summed E-state index contributed by atoms with van der Waals surface area (Å²) in [6.07, 6.45) is 1.55. The number of pyridine rings is 1. The van der Waals surface area contributed by atoms with Gasteiger partial charge in [0.1, 0.15) is 6.54 Å². The van der Waals surface area contributed by atoms with Crippen LogP contribution in [-0.2, 0) is 22.7 Å². The minimum atomic E-state index is -0.268. The highest BCUT2D eigenvalue weighted by molar-refractivity contribution is 5.91. The lowest BCUT2D eigenvalue weighted by Crippen LogP contribution is -2.47. The van der Waals surface area contributed by atoms with Crippen molar-refractivity contribution in [2.24, 2.45) is 0 Å². The number of carbonyl (C=O) groups excluding carboxylic acids is 2. The molecule has 0 saturated carbocycles. The Labute approximate surface area is 192 Å². The molecule has 2 aromatic rings. The first-order chi connectivity index (χ1) is 15.8. The smallest absolute Gasteiger partial charge is 0.244 e. The highest BCUT2D eigenvalue weighted by Gasteiger charge is 2.20. The zero-order valence-corrected chi connectivity index (χ0v) is 19.4. The van der Waals surface area contributed by atoms with Crippen LogP contribution in [0.15, 0.2) is 35.3 Å². The van der Waals surface area contributed by atoms with E-state index in [0.29, 0.717) is 55.6 Å². The minimum absolute atomic E-state index is 0.00622. The van der Waals surface area contributed by atoms with Gasteiger partial charge in [0, 0.05) is 63.2 Å². The first-order valence-electron chi connectivity index (χ1n) is 10.6. The van der Waals surface area contributed by atoms with Crippen molar-refractivity contribution in [3.05, 3.63) is 46.4 Å². The van der Waals surface area contributed by atoms with E-state index in [0.717, 1.165) is 0 Å². The summed E-state index contributed by atoms with van der Waals surface area (Å²) in [6, 6.07) is 6.61. The number of nitrogens with one attached hydrogen (secondary N) is 1. The third kappa shape index (κ3) is 6.04. The molecular formula is C23H30N4O6. The first-order valence-corrected chi connectivity index (χ1v) is 10.6. The molecule has 0 aliphatic carbocycles. The summed E-state index contributed by atoms with van der Waals surface area (Å²) in [6.45, 7) is 4.69. The molecule has 1 N–H and O–H groups in total. The van der Waals surface area contributed by atoms with E-state index < -0.39 is 0 Å². The first kappa shape index (κ1) is 24.1. The Morgan fingerprint density at radius 1 is 0.939 bits per heavy atom. The Hall–Kier alpha value is -3.53. The van der Waals surface area contributed by atoms with Crippen LogP contribution in [-0.4, -0.2) is 73.7 Å². The molecule has 1 fully saturated rings. The average molecular weight is 459 g/mol. The molecule has 10 nitrogen and oxygen atoms in total. The highest BCUT2D eigenvalue weighted by Crippen LogP contribution is 2.29. The van der Waals surface area contributed by atoms with E-state index in [2.05, 4.69) is 10.2 Å². The lowest BCUT2D eigenvalue weighted by Gasteiger charge is -2.34. The van der Waals surface area contributed by atoms with Crippen LogP contribution in [0.1, 0.15) is 12.6 Å². The van der Waals surface area contributed by atoms with Gasteiger partial charge in [0.2, 0.25) is 17.2 Å². The summed E-state index contributed by atoms with van der Waals surface area (Å²) in [7, 11) is 4.49. The lowest BCUT2D eigenvalue weighted by atomic mass is 10.2. The lowest BCUT2D eigenvalue weighted by molar-refractivity contribution is -0.130. The van der Waals surface area contributed by atoms with Crippen LogP contribution in [0.2, 0.25) is 0 Å². The summed E-state index contributed by atoms with van der Waals surface area (Å²) < 4.78 is 17.4. The zero-order valence-electron chi connectivity index (χ0n) is 19.4. The van der Waals surface area contributed by atoms with Gasteiger partial charge in [0.25, 0.3) is 0 Å². The highest BCUT2D eigenvalue weighted by atomic mass is 16.5. The predicted molar refractivity (Wildman–Crippen MR) is 123 cm³/mol. The number of methoxy groups -OCH3 is 3. The molecule has 2 heterocycles. The van der Waals surface area contributed by atoms with E-state index in [1.165, 1.54) is 20.3 Å². The van der Waals surface area contributed by atoms with Crippen molar-refractivity contribution in [2.45, 2.75) is 20.0 Å². The minimum Gasteiger partial charge on any atom is -0.493 e. The van der Waals surface area contributed by atoms with Crippen molar-refractivity contribution in [1.82, 2.24) is 14.4 Å². The number of benzene rings is 1. The monoisotopic (exact) mass is 458 g/mol. The van der Waals surface area contributed by atoms with E-state index in [9.17, 15) is 14.4 Å². The van der Waals surface area contributed by atoms with Crippen LogP contribution in [0.5, 0.6) is 17.2 Å². The van der Waals surface area contributed by atoms with Crippen molar-refractivity contribution in [3.8, 4) is 17.2 Å². The van der Waals surface area contributed by atoms with Crippen molar-refractivity contribution in [3.63, 3.8) is 0 Å². The number of aromatic nitrogens is 1. The Morgan fingerprint density at radius 2 is 1.61 bits per heavy atom.